The van der Waals surface area contributed by atoms with E-state index in [0.29, 0.717) is 11.2 Å². The molecule has 38 heavy (non-hydrogen) atoms. The summed E-state index contributed by atoms with van der Waals surface area (Å²) in [6, 6.07) is 8.52. The fourth-order valence-electron chi connectivity index (χ4n) is 5.13. The maximum Gasteiger partial charge on any atom is 0.393 e. The van der Waals surface area contributed by atoms with Crippen molar-refractivity contribution in [3.05, 3.63) is 48.4 Å². The van der Waals surface area contributed by atoms with Crippen LogP contribution in [0.2, 0.25) is 0 Å². The quantitative estimate of drug-likeness (QED) is 0.474. The fraction of sp³-hybridized carbons (Fsp3) is 0.423. The SMILES string of the molecule is CN1CCN(c2ccc3cc(N)c(C(=O)Nc4cnccc4N4CC(C(F)(F)F)C[C@H](N)C4)nc3c2)CC1. The zero-order valence-electron chi connectivity index (χ0n) is 21.1. The summed E-state index contributed by atoms with van der Waals surface area (Å²) in [5, 5.41) is 3.56. The maximum absolute atomic E-state index is 13.5. The van der Waals surface area contributed by atoms with Crippen LogP contribution in [0.5, 0.6) is 0 Å². The van der Waals surface area contributed by atoms with Gasteiger partial charge in [-0.25, -0.2) is 4.98 Å². The number of amides is 1. The summed E-state index contributed by atoms with van der Waals surface area (Å²) in [5.74, 6) is -2.13. The van der Waals surface area contributed by atoms with Crippen molar-refractivity contribution in [1.82, 2.24) is 14.9 Å². The average Bonchev–Trinajstić information content (AvgIpc) is 2.88. The summed E-state index contributed by atoms with van der Waals surface area (Å²) < 4.78 is 40.4. The lowest BCUT2D eigenvalue weighted by Gasteiger charge is -2.39. The highest BCUT2D eigenvalue weighted by atomic mass is 19.4. The normalized spacial score (nSPS) is 21.1. The summed E-state index contributed by atoms with van der Waals surface area (Å²) in [7, 11) is 2.09. The standard InChI is InChI=1S/C26H31F3N8O/c1-35-6-8-36(9-7-35)19-3-2-16-10-20(31)24(33-21(16)12-19)25(38)34-22-13-32-5-4-23(22)37-14-17(26(27,28)29)11-18(30)15-37/h2-5,10,12-13,17-18H,6-9,11,14-15,30-31H2,1H3,(H,34,38)/t17?,18-/m0/s1. The number of nitrogens with zero attached hydrogens (tertiary/aromatic N) is 5. The van der Waals surface area contributed by atoms with Gasteiger partial charge in [0.25, 0.3) is 5.91 Å². The molecule has 4 heterocycles. The minimum absolute atomic E-state index is 0.0337. The molecule has 202 valence electrons. The van der Waals surface area contributed by atoms with E-state index in [1.165, 1.54) is 12.4 Å². The van der Waals surface area contributed by atoms with Crippen LogP contribution in [0.15, 0.2) is 42.7 Å². The molecule has 2 saturated heterocycles. The number of nitrogens with two attached hydrogens (primary N) is 2. The number of pyridine rings is 2. The fourth-order valence-corrected chi connectivity index (χ4v) is 5.13. The molecule has 2 aromatic heterocycles. The number of piperazine rings is 1. The van der Waals surface area contributed by atoms with E-state index < -0.39 is 24.0 Å². The van der Waals surface area contributed by atoms with E-state index in [1.807, 2.05) is 18.2 Å². The Morgan fingerprint density at radius 1 is 1.08 bits per heavy atom. The molecular weight excluding hydrogens is 497 g/mol. The molecule has 1 unspecified atom stereocenters. The van der Waals surface area contributed by atoms with Gasteiger partial charge in [-0.3, -0.25) is 9.78 Å². The summed E-state index contributed by atoms with van der Waals surface area (Å²) in [5.41, 5.74) is 14.7. The highest BCUT2D eigenvalue weighted by molar-refractivity contribution is 6.09. The van der Waals surface area contributed by atoms with Crippen LogP contribution in [0.4, 0.5) is 35.9 Å². The van der Waals surface area contributed by atoms with Crippen LogP contribution in [0.25, 0.3) is 10.9 Å². The van der Waals surface area contributed by atoms with Crippen molar-refractivity contribution in [3.8, 4) is 0 Å². The van der Waals surface area contributed by atoms with Gasteiger partial charge in [0.1, 0.15) is 0 Å². The van der Waals surface area contributed by atoms with Gasteiger partial charge in [0.15, 0.2) is 5.69 Å². The van der Waals surface area contributed by atoms with Crippen LogP contribution in [0.1, 0.15) is 16.9 Å². The van der Waals surface area contributed by atoms with E-state index in [9.17, 15) is 18.0 Å². The second-order valence-electron chi connectivity index (χ2n) is 10.1. The zero-order chi connectivity index (χ0) is 27.0. The number of fused-ring (bicyclic) bond motifs is 1. The third kappa shape index (κ3) is 5.46. The smallest absolute Gasteiger partial charge is 0.393 e. The van der Waals surface area contributed by atoms with Crippen LogP contribution < -0.4 is 26.6 Å². The number of nitrogen functional groups attached to an aromatic ring is 1. The van der Waals surface area contributed by atoms with E-state index in [2.05, 4.69) is 32.1 Å². The number of piperidine rings is 1. The summed E-state index contributed by atoms with van der Waals surface area (Å²) >= 11 is 0. The monoisotopic (exact) mass is 528 g/mol. The van der Waals surface area contributed by atoms with Crippen LogP contribution >= 0.6 is 0 Å². The number of halogens is 3. The maximum atomic E-state index is 13.5. The summed E-state index contributed by atoms with van der Waals surface area (Å²) in [6.07, 6.45) is -1.63. The van der Waals surface area contributed by atoms with Crippen LogP contribution in [0, 0.1) is 5.92 Å². The van der Waals surface area contributed by atoms with Gasteiger partial charge in [-0.1, -0.05) is 6.07 Å². The first-order valence-corrected chi connectivity index (χ1v) is 12.5. The molecule has 3 aromatic rings. The molecule has 5 rings (SSSR count). The van der Waals surface area contributed by atoms with Crippen molar-refractivity contribution in [2.75, 3.05) is 67.2 Å². The third-order valence-corrected chi connectivity index (χ3v) is 7.25. The second kappa shape index (κ2) is 10.3. The number of rotatable bonds is 4. The van der Waals surface area contributed by atoms with E-state index in [0.717, 1.165) is 37.3 Å². The Labute approximate surface area is 218 Å². The largest absolute Gasteiger partial charge is 0.397 e. The molecule has 2 atom stereocenters. The predicted molar refractivity (Wildman–Crippen MR) is 142 cm³/mol. The molecule has 0 saturated carbocycles. The number of likely N-dealkylation sites (N-methyl/N-ethyl adjacent to an activating group) is 1. The van der Waals surface area contributed by atoms with Crippen LogP contribution in [0.3, 0.4) is 0 Å². The van der Waals surface area contributed by atoms with Crippen LogP contribution in [-0.2, 0) is 0 Å². The van der Waals surface area contributed by atoms with E-state index in [1.54, 1.807) is 17.0 Å². The highest BCUT2D eigenvalue weighted by Crippen LogP contribution is 2.36. The average molecular weight is 529 g/mol. The lowest BCUT2D eigenvalue weighted by Crippen LogP contribution is -2.51. The van der Waals surface area contributed by atoms with E-state index in [4.69, 9.17) is 11.5 Å². The lowest BCUT2D eigenvalue weighted by molar-refractivity contribution is -0.177. The molecule has 2 aliphatic heterocycles. The number of hydrogen-bond donors (Lipinski definition) is 3. The molecule has 5 N–H and O–H groups in total. The molecule has 0 aliphatic carbocycles. The molecule has 9 nitrogen and oxygen atoms in total. The Hall–Kier alpha value is -3.64. The highest BCUT2D eigenvalue weighted by Gasteiger charge is 2.44. The molecule has 0 spiro atoms. The Balaban J connectivity index is 1.40. The van der Waals surface area contributed by atoms with Gasteiger partial charge >= 0.3 is 6.18 Å². The van der Waals surface area contributed by atoms with Gasteiger partial charge in [0, 0.05) is 62.6 Å². The number of hydrogen-bond acceptors (Lipinski definition) is 8. The number of benzene rings is 1. The van der Waals surface area contributed by atoms with Crippen molar-refractivity contribution >= 4 is 39.6 Å². The van der Waals surface area contributed by atoms with Gasteiger partial charge in [0.2, 0.25) is 0 Å². The number of carbonyl (C=O) groups is 1. The molecule has 2 aliphatic rings. The number of aromatic nitrogens is 2. The first-order chi connectivity index (χ1) is 18.1. The van der Waals surface area contributed by atoms with Crippen molar-refractivity contribution in [2.45, 2.75) is 18.6 Å². The molecule has 2 fully saturated rings. The summed E-state index contributed by atoms with van der Waals surface area (Å²) in [6.45, 7) is 3.67. The van der Waals surface area contributed by atoms with Gasteiger partial charge < -0.3 is 31.5 Å². The molecule has 0 radical (unpaired) electrons. The minimum atomic E-state index is -4.36. The Morgan fingerprint density at radius 3 is 2.58 bits per heavy atom. The molecule has 1 aromatic carbocycles. The van der Waals surface area contributed by atoms with Gasteiger partial charge in [0.05, 0.1) is 34.7 Å². The number of nitrogens with one attached hydrogen (secondary N) is 1. The van der Waals surface area contributed by atoms with Gasteiger partial charge in [-0.2, -0.15) is 13.2 Å². The van der Waals surface area contributed by atoms with Crippen LogP contribution in [-0.4, -0.2) is 79.3 Å². The second-order valence-corrected chi connectivity index (χ2v) is 10.1. The van der Waals surface area contributed by atoms with Crippen molar-refractivity contribution in [3.63, 3.8) is 0 Å². The summed E-state index contributed by atoms with van der Waals surface area (Å²) in [4.78, 5) is 28.0. The van der Waals surface area contributed by atoms with E-state index >= 15 is 0 Å². The van der Waals surface area contributed by atoms with Crippen molar-refractivity contribution in [1.29, 1.82) is 0 Å². The molecular formula is C26H31F3N8O. The molecule has 0 bridgehead atoms. The number of alkyl halides is 3. The van der Waals surface area contributed by atoms with Gasteiger partial charge in [-0.15, -0.1) is 0 Å². The Morgan fingerprint density at radius 2 is 1.84 bits per heavy atom. The number of anilines is 4. The Bertz CT molecular complexity index is 1330. The third-order valence-electron chi connectivity index (χ3n) is 7.25. The topological polar surface area (TPSA) is 117 Å². The Kier molecular flexibility index (Phi) is 7.01. The van der Waals surface area contributed by atoms with Gasteiger partial charge in [-0.05, 0) is 37.7 Å². The minimum Gasteiger partial charge on any atom is -0.397 e. The lowest BCUT2D eigenvalue weighted by atomic mass is 9.93. The van der Waals surface area contributed by atoms with Crippen molar-refractivity contribution < 1.29 is 18.0 Å². The predicted octanol–water partition coefficient (Wildman–Crippen LogP) is 2.93. The first kappa shape index (κ1) is 26.0. The molecule has 12 heteroatoms. The number of carbonyl (C=O) groups excluding carboxylic acids is 1. The molecule has 1 amide bonds. The zero-order valence-corrected chi connectivity index (χ0v) is 21.1. The first-order valence-electron chi connectivity index (χ1n) is 12.5. The van der Waals surface area contributed by atoms with Crippen molar-refractivity contribution in [2.24, 2.45) is 11.7 Å². The van der Waals surface area contributed by atoms with E-state index in [-0.39, 0.29) is 36.6 Å².